The molecule has 0 radical (unpaired) electrons. The molecule has 0 aromatic carbocycles. The van der Waals surface area contributed by atoms with Crippen molar-refractivity contribution in [2.24, 2.45) is 4.99 Å². The van der Waals surface area contributed by atoms with Crippen molar-refractivity contribution in [3.8, 4) is 0 Å². The molecule has 0 bridgehead atoms. The van der Waals surface area contributed by atoms with Gasteiger partial charge in [0.05, 0.1) is 6.10 Å². The average molecular weight is 99.1 g/mol. The lowest BCUT2D eigenvalue weighted by Crippen LogP contribution is -2.06. The van der Waals surface area contributed by atoms with E-state index in [0.29, 0.717) is 6.10 Å². The Bertz CT molecular complexity index is 80.1. The van der Waals surface area contributed by atoms with Gasteiger partial charge in [-0.15, -0.1) is 0 Å². The molecule has 1 unspecified atom stereocenters. The highest BCUT2D eigenvalue weighted by molar-refractivity contribution is 5.64. The van der Waals surface area contributed by atoms with E-state index >= 15 is 0 Å². The second-order valence-corrected chi connectivity index (χ2v) is 1.62. The summed E-state index contributed by atoms with van der Waals surface area (Å²) in [6.07, 6.45) is 3.23. The molecule has 1 aliphatic heterocycles. The molecule has 1 heterocycles. The standard InChI is InChI=1S/C5H9NO/c1-7-5-2-3-6-4-5/h4-5H,2-3H2,1H3. The van der Waals surface area contributed by atoms with Gasteiger partial charge in [0.15, 0.2) is 0 Å². The zero-order valence-electron chi connectivity index (χ0n) is 4.42. The molecular formula is C5H9NO. The topological polar surface area (TPSA) is 21.6 Å². The van der Waals surface area contributed by atoms with Crippen LogP contribution in [-0.4, -0.2) is 26.0 Å². The molecule has 2 heteroatoms. The SMILES string of the molecule is COC1C=NCC1. The zero-order valence-corrected chi connectivity index (χ0v) is 4.42. The summed E-state index contributed by atoms with van der Waals surface area (Å²) in [6, 6.07) is 0. The molecule has 2 nitrogen and oxygen atoms in total. The number of rotatable bonds is 1. The molecular weight excluding hydrogens is 90.1 g/mol. The fourth-order valence-corrected chi connectivity index (χ4v) is 0.647. The fourth-order valence-electron chi connectivity index (χ4n) is 0.647. The zero-order chi connectivity index (χ0) is 5.11. The minimum atomic E-state index is 0.306. The van der Waals surface area contributed by atoms with Gasteiger partial charge >= 0.3 is 0 Å². The average Bonchev–Trinajstić information content (AvgIpc) is 2.14. The van der Waals surface area contributed by atoms with E-state index in [1.165, 1.54) is 0 Å². The van der Waals surface area contributed by atoms with E-state index < -0.39 is 0 Å². The van der Waals surface area contributed by atoms with Gasteiger partial charge in [0.1, 0.15) is 0 Å². The Morgan fingerprint density at radius 3 is 3.00 bits per heavy atom. The minimum Gasteiger partial charge on any atom is -0.376 e. The Labute approximate surface area is 43.2 Å². The molecule has 7 heavy (non-hydrogen) atoms. The Hall–Kier alpha value is -0.370. The van der Waals surface area contributed by atoms with E-state index in [9.17, 15) is 0 Å². The Kier molecular flexibility index (Phi) is 1.42. The summed E-state index contributed by atoms with van der Waals surface area (Å²) < 4.78 is 4.96. The first-order valence-electron chi connectivity index (χ1n) is 2.46. The van der Waals surface area contributed by atoms with E-state index in [1.54, 1.807) is 7.11 Å². The van der Waals surface area contributed by atoms with Gasteiger partial charge < -0.3 is 4.74 Å². The summed E-state index contributed by atoms with van der Waals surface area (Å²) in [5.41, 5.74) is 0. The molecule has 0 fully saturated rings. The minimum absolute atomic E-state index is 0.306. The van der Waals surface area contributed by atoms with Gasteiger partial charge in [-0.25, -0.2) is 0 Å². The maximum Gasteiger partial charge on any atom is 0.0935 e. The quantitative estimate of drug-likeness (QED) is 0.468. The van der Waals surface area contributed by atoms with Gasteiger partial charge in [0.2, 0.25) is 0 Å². The van der Waals surface area contributed by atoms with Crippen LogP contribution in [0.5, 0.6) is 0 Å². The number of aliphatic imine (C=N–C) groups is 1. The van der Waals surface area contributed by atoms with Crippen LogP contribution in [0.1, 0.15) is 6.42 Å². The van der Waals surface area contributed by atoms with Gasteiger partial charge in [0, 0.05) is 19.9 Å². The lowest BCUT2D eigenvalue weighted by Gasteiger charge is -1.98. The van der Waals surface area contributed by atoms with Gasteiger partial charge in [-0.2, -0.15) is 0 Å². The fraction of sp³-hybridized carbons (Fsp3) is 0.800. The predicted molar refractivity (Wildman–Crippen MR) is 28.8 cm³/mol. The van der Waals surface area contributed by atoms with Crippen LogP contribution in [0.4, 0.5) is 0 Å². The Morgan fingerprint density at radius 1 is 1.86 bits per heavy atom. The van der Waals surface area contributed by atoms with Crippen LogP contribution in [0.15, 0.2) is 4.99 Å². The van der Waals surface area contributed by atoms with Gasteiger partial charge in [-0.1, -0.05) is 0 Å². The first kappa shape index (κ1) is 4.78. The smallest absolute Gasteiger partial charge is 0.0935 e. The van der Waals surface area contributed by atoms with Crippen LogP contribution in [0.2, 0.25) is 0 Å². The van der Waals surface area contributed by atoms with Crippen molar-refractivity contribution in [2.45, 2.75) is 12.5 Å². The Balaban J connectivity index is 2.28. The van der Waals surface area contributed by atoms with Crippen molar-refractivity contribution in [1.82, 2.24) is 0 Å². The molecule has 1 rings (SSSR count). The molecule has 0 saturated heterocycles. The number of hydrogen-bond acceptors (Lipinski definition) is 2. The lowest BCUT2D eigenvalue weighted by molar-refractivity contribution is 0.160. The van der Waals surface area contributed by atoms with E-state index in [-0.39, 0.29) is 0 Å². The number of ether oxygens (including phenoxy) is 1. The third-order valence-corrected chi connectivity index (χ3v) is 1.12. The molecule has 0 amide bonds. The summed E-state index contributed by atoms with van der Waals surface area (Å²) in [4.78, 5) is 3.99. The van der Waals surface area contributed by atoms with Gasteiger partial charge in [0.25, 0.3) is 0 Å². The highest BCUT2D eigenvalue weighted by Crippen LogP contribution is 2.00. The molecule has 1 aliphatic rings. The molecule has 0 N–H and O–H groups in total. The summed E-state index contributed by atoms with van der Waals surface area (Å²) in [5.74, 6) is 0. The third-order valence-electron chi connectivity index (χ3n) is 1.12. The first-order valence-corrected chi connectivity index (χ1v) is 2.46. The Morgan fingerprint density at radius 2 is 2.71 bits per heavy atom. The van der Waals surface area contributed by atoms with Crippen molar-refractivity contribution in [3.63, 3.8) is 0 Å². The molecule has 0 aliphatic carbocycles. The first-order chi connectivity index (χ1) is 3.43. The van der Waals surface area contributed by atoms with E-state index in [2.05, 4.69) is 4.99 Å². The van der Waals surface area contributed by atoms with Crippen molar-refractivity contribution in [2.75, 3.05) is 13.7 Å². The van der Waals surface area contributed by atoms with Crippen LogP contribution < -0.4 is 0 Å². The predicted octanol–water partition coefficient (Wildman–Crippen LogP) is 0.476. The van der Waals surface area contributed by atoms with E-state index in [0.717, 1.165) is 13.0 Å². The van der Waals surface area contributed by atoms with Crippen LogP contribution in [0, 0.1) is 0 Å². The van der Waals surface area contributed by atoms with Crippen LogP contribution in [0.3, 0.4) is 0 Å². The largest absolute Gasteiger partial charge is 0.376 e. The maximum absolute atomic E-state index is 4.96. The van der Waals surface area contributed by atoms with Gasteiger partial charge in [-0.05, 0) is 6.42 Å². The van der Waals surface area contributed by atoms with E-state index in [4.69, 9.17) is 4.74 Å². The molecule has 1 atom stereocenters. The maximum atomic E-state index is 4.96. The van der Waals surface area contributed by atoms with Crippen molar-refractivity contribution in [3.05, 3.63) is 0 Å². The lowest BCUT2D eigenvalue weighted by atomic mass is 10.3. The van der Waals surface area contributed by atoms with Crippen LogP contribution in [-0.2, 0) is 4.74 Å². The third kappa shape index (κ3) is 0.996. The highest BCUT2D eigenvalue weighted by Gasteiger charge is 2.06. The molecule has 0 spiro atoms. The number of hydrogen-bond donors (Lipinski definition) is 0. The van der Waals surface area contributed by atoms with E-state index in [1.807, 2.05) is 6.21 Å². The highest BCUT2D eigenvalue weighted by atomic mass is 16.5. The van der Waals surface area contributed by atoms with Crippen molar-refractivity contribution < 1.29 is 4.74 Å². The number of methoxy groups -OCH3 is 1. The normalized spacial score (nSPS) is 29.0. The van der Waals surface area contributed by atoms with Gasteiger partial charge in [-0.3, -0.25) is 4.99 Å². The molecule has 0 aromatic rings. The second kappa shape index (κ2) is 2.07. The second-order valence-electron chi connectivity index (χ2n) is 1.62. The van der Waals surface area contributed by atoms with Crippen LogP contribution >= 0.6 is 0 Å². The molecule has 0 aromatic heterocycles. The van der Waals surface area contributed by atoms with Crippen molar-refractivity contribution >= 4 is 6.21 Å². The summed E-state index contributed by atoms with van der Waals surface area (Å²) in [5, 5.41) is 0. The summed E-state index contributed by atoms with van der Waals surface area (Å²) >= 11 is 0. The molecule has 0 saturated carbocycles. The number of nitrogens with zero attached hydrogens (tertiary/aromatic N) is 1. The summed E-state index contributed by atoms with van der Waals surface area (Å²) in [7, 11) is 1.71. The summed E-state index contributed by atoms with van der Waals surface area (Å²) in [6.45, 7) is 0.943. The molecule has 40 valence electrons. The van der Waals surface area contributed by atoms with Crippen molar-refractivity contribution in [1.29, 1.82) is 0 Å². The van der Waals surface area contributed by atoms with Crippen LogP contribution in [0.25, 0.3) is 0 Å². The monoisotopic (exact) mass is 99.1 g/mol.